The lowest BCUT2D eigenvalue weighted by Gasteiger charge is -2.14. The van der Waals surface area contributed by atoms with Gasteiger partial charge in [-0.25, -0.2) is 0 Å². The Kier molecular flexibility index (Phi) is 5.11. The third kappa shape index (κ3) is 4.05. The number of hydrogen-bond acceptors (Lipinski definition) is 4. The van der Waals surface area contributed by atoms with Crippen molar-refractivity contribution in [3.63, 3.8) is 0 Å². The highest BCUT2D eigenvalue weighted by atomic mass is 16.5. The van der Waals surface area contributed by atoms with Crippen LogP contribution in [-0.2, 0) is 11.2 Å². The average Bonchev–Trinajstić information content (AvgIpc) is 3.16. The van der Waals surface area contributed by atoms with E-state index in [-0.39, 0.29) is 5.91 Å². The minimum Gasteiger partial charge on any atom is -0.496 e. The first kappa shape index (κ1) is 16.7. The SMILES string of the molecule is COc1cc(NC(=O)C(N)Cc2ccccc2)ccc1-c1cn[nH]c1. The molecule has 0 radical (unpaired) electrons. The highest BCUT2D eigenvalue weighted by Crippen LogP contribution is 2.31. The smallest absolute Gasteiger partial charge is 0.241 e. The van der Waals surface area contributed by atoms with Crippen molar-refractivity contribution in [1.82, 2.24) is 10.2 Å². The van der Waals surface area contributed by atoms with Crippen LogP contribution in [0.15, 0.2) is 60.9 Å². The highest BCUT2D eigenvalue weighted by molar-refractivity contribution is 5.95. The molecule has 0 saturated carbocycles. The van der Waals surface area contributed by atoms with E-state index in [1.165, 1.54) is 0 Å². The Morgan fingerprint density at radius 1 is 1.28 bits per heavy atom. The number of aromatic nitrogens is 2. The van der Waals surface area contributed by atoms with Crippen molar-refractivity contribution in [2.75, 3.05) is 12.4 Å². The van der Waals surface area contributed by atoms with Gasteiger partial charge in [-0.3, -0.25) is 9.89 Å². The maximum atomic E-state index is 12.3. The predicted molar refractivity (Wildman–Crippen MR) is 97.3 cm³/mol. The first-order chi connectivity index (χ1) is 12.2. The first-order valence-corrected chi connectivity index (χ1v) is 7.95. The van der Waals surface area contributed by atoms with Gasteiger partial charge in [-0.05, 0) is 24.1 Å². The second-order valence-corrected chi connectivity index (χ2v) is 5.69. The van der Waals surface area contributed by atoms with E-state index in [9.17, 15) is 4.79 Å². The van der Waals surface area contributed by atoms with Gasteiger partial charge in [0.1, 0.15) is 5.75 Å². The first-order valence-electron chi connectivity index (χ1n) is 7.95. The van der Waals surface area contributed by atoms with Crippen LogP contribution in [0, 0.1) is 0 Å². The second-order valence-electron chi connectivity index (χ2n) is 5.69. The fourth-order valence-corrected chi connectivity index (χ4v) is 2.60. The lowest BCUT2D eigenvalue weighted by Crippen LogP contribution is -2.37. The van der Waals surface area contributed by atoms with E-state index < -0.39 is 6.04 Å². The third-order valence-electron chi connectivity index (χ3n) is 3.91. The second kappa shape index (κ2) is 7.63. The van der Waals surface area contributed by atoms with Crippen molar-refractivity contribution < 1.29 is 9.53 Å². The van der Waals surface area contributed by atoms with Crippen LogP contribution in [0.25, 0.3) is 11.1 Å². The predicted octanol–water partition coefficient (Wildman–Crippen LogP) is 2.59. The maximum absolute atomic E-state index is 12.3. The molecule has 25 heavy (non-hydrogen) atoms. The number of rotatable bonds is 6. The van der Waals surface area contributed by atoms with Crippen molar-refractivity contribution in [2.24, 2.45) is 5.73 Å². The lowest BCUT2D eigenvalue weighted by atomic mass is 10.1. The monoisotopic (exact) mass is 336 g/mol. The number of carbonyl (C=O) groups excluding carboxylic acids is 1. The zero-order valence-corrected chi connectivity index (χ0v) is 13.9. The fourth-order valence-electron chi connectivity index (χ4n) is 2.60. The highest BCUT2D eigenvalue weighted by Gasteiger charge is 2.15. The van der Waals surface area contributed by atoms with Gasteiger partial charge in [0.2, 0.25) is 5.91 Å². The van der Waals surface area contributed by atoms with Gasteiger partial charge in [-0.15, -0.1) is 0 Å². The molecule has 4 N–H and O–H groups in total. The summed E-state index contributed by atoms with van der Waals surface area (Å²) < 4.78 is 5.42. The number of benzene rings is 2. The van der Waals surface area contributed by atoms with Gasteiger partial charge in [-0.1, -0.05) is 30.3 Å². The Balaban J connectivity index is 1.71. The van der Waals surface area contributed by atoms with Crippen molar-refractivity contribution in [3.8, 4) is 16.9 Å². The van der Waals surface area contributed by atoms with Gasteiger partial charge in [0.05, 0.1) is 19.3 Å². The molecule has 0 aliphatic rings. The number of amides is 1. The van der Waals surface area contributed by atoms with E-state index >= 15 is 0 Å². The van der Waals surface area contributed by atoms with E-state index in [4.69, 9.17) is 10.5 Å². The summed E-state index contributed by atoms with van der Waals surface area (Å²) in [6.45, 7) is 0. The van der Waals surface area contributed by atoms with Gasteiger partial charge in [0, 0.05) is 29.1 Å². The number of anilines is 1. The zero-order valence-electron chi connectivity index (χ0n) is 13.9. The van der Waals surface area contributed by atoms with Gasteiger partial charge in [-0.2, -0.15) is 5.10 Å². The number of carbonyl (C=O) groups is 1. The quantitative estimate of drug-likeness (QED) is 0.645. The Morgan fingerprint density at radius 2 is 2.08 bits per heavy atom. The number of methoxy groups -OCH3 is 1. The molecule has 0 fully saturated rings. The Hall–Kier alpha value is -3.12. The molecule has 1 unspecified atom stereocenters. The molecule has 0 aliphatic heterocycles. The molecule has 1 heterocycles. The van der Waals surface area contributed by atoms with Crippen molar-refractivity contribution >= 4 is 11.6 Å². The molecule has 1 atom stereocenters. The number of nitrogens with zero attached hydrogens (tertiary/aromatic N) is 1. The lowest BCUT2D eigenvalue weighted by molar-refractivity contribution is -0.117. The summed E-state index contributed by atoms with van der Waals surface area (Å²) >= 11 is 0. The fraction of sp³-hybridized carbons (Fsp3) is 0.158. The number of H-pyrrole nitrogens is 1. The van der Waals surface area contributed by atoms with Crippen LogP contribution >= 0.6 is 0 Å². The Labute approximate surface area is 146 Å². The topological polar surface area (TPSA) is 93.0 Å². The molecule has 0 spiro atoms. The summed E-state index contributed by atoms with van der Waals surface area (Å²) in [6, 6.07) is 14.5. The van der Waals surface area contributed by atoms with Crippen molar-refractivity contribution in [3.05, 3.63) is 66.5 Å². The maximum Gasteiger partial charge on any atom is 0.241 e. The van der Waals surface area contributed by atoms with Crippen LogP contribution in [0.5, 0.6) is 5.75 Å². The summed E-state index contributed by atoms with van der Waals surface area (Å²) in [5.74, 6) is 0.415. The van der Waals surface area contributed by atoms with Crippen LogP contribution in [0.3, 0.4) is 0 Å². The molecule has 3 rings (SSSR count). The number of ether oxygens (including phenoxy) is 1. The minimum atomic E-state index is -0.623. The number of hydrogen-bond donors (Lipinski definition) is 3. The van der Waals surface area contributed by atoms with Crippen LogP contribution in [-0.4, -0.2) is 29.3 Å². The molecular formula is C19H20N4O2. The molecule has 6 nitrogen and oxygen atoms in total. The molecular weight excluding hydrogens is 316 g/mol. The molecule has 0 aliphatic carbocycles. The van der Waals surface area contributed by atoms with E-state index in [1.807, 2.05) is 42.5 Å². The van der Waals surface area contributed by atoms with Crippen LogP contribution in [0.2, 0.25) is 0 Å². The molecule has 128 valence electrons. The minimum absolute atomic E-state index is 0.234. The molecule has 2 aromatic carbocycles. The van der Waals surface area contributed by atoms with Gasteiger partial charge in [0.25, 0.3) is 0 Å². The number of aromatic amines is 1. The molecule has 0 saturated heterocycles. The molecule has 1 aromatic heterocycles. The molecule has 1 amide bonds. The summed E-state index contributed by atoms with van der Waals surface area (Å²) in [5, 5.41) is 9.56. The van der Waals surface area contributed by atoms with E-state index in [0.717, 1.165) is 16.7 Å². The van der Waals surface area contributed by atoms with E-state index in [1.54, 1.807) is 25.6 Å². The summed E-state index contributed by atoms with van der Waals surface area (Å²) in [6.07, 6.45) is 3.98. The standard InChI is InChI=1S/C19H20N4O2/c1-25-18-10-15(7-8-16(18)14-11-21-22-12-14)23-19(24)17(20)9-13-5-3-2-4-6-13/h2-8,10-12,17H,9,20H2,1H3,(H,21,22)(H,23,24). The van der Waals surface area contributed by atoms with Crippen LogP contribution in [0.4, 0.5) is 5.69 Å². The van der Waals surface area contributed by atoms with Crippen molar-refractivity contribution in [1.29, 1.82) is 0 Å². The third-order valence-corrected chi connectivity index (χ3v) is 3.91. The van der Waals surface area contributed by atoms with Gasteiger partial charge in [0.15, 0.2) is 0 Å². The summed E-state index contributed by atoms with van der Waals surface area (Å²) in [4.78, 5) is 12.3. The molecule has 6 heteroatoms. The van der Waals surface area contributed by atoms with Crippen LogP contribution < -0.4 is 15.8 Å². The van der Waals surface area contributed by atoms with Crippen LogP contribution in [0.1, 0.15) is 5.56 Å². The molecule has 0 bridgehead atoms. The molecule has 3 aromatic rings. The van der Waals surface area contributed by atoms with Crippen molar-refractivity contribution in [2.45, 2.75) is 12.5 Å². The zero-order chi connectivity index (χ0) is 17.6. The largest absolute Gasteiger partial charge is 0.496 e. The van der Waals surface area contributed by atoms with E-state index in [0.29, 0.717) is 17.9 Å². The Bertz CT molecular complexity index is 832. The van der Waals surface area contributed by atoms with Gasteiger partial charge < -0.3 is 15.8 Å². The number of nitrogens with one attached hydrogen (secondary N) is 2. The number of nitrogens with two attached hydrogens (primary N) is 1. The summed E-state index contributed by atoms with van der Waals surface area (Å²) in [5.41, 5.74) is 9.49. The Morgan fingerprint density at radius 3 is 2.76 bits per heavy atom. The summed E-state index contributed by atoms with van der Waals surface area (Å²) in [7, 11) is 1.59. The van der Waals surface area contributed by atoms with E-state index in [2.05, 4.69) is 15.5 Å². The normalized spacial score (nSPS) is 11.8. The average molecular weight is 336 g/mol. The van der Waals surface area contributed by atoms with Gasteiger partial charge >= 0.3 is 0 Å².